The number of nitrogens with one attached hydrogen (secondary N) is 1. The molecule has 0 saturated heterocycles. The minimum atomic E-state index is -4.00. The van der Waals surface area contributed by atoms with Crippen LogP contribution in [0.2, 0.25) is 5.02 Å². The van der Waals surface area contributed by atoms with Gasteiger partial charge in [0.1, 0.15) is 0 Å². The van der Waals surface area contributed by atoms with Crippen molar-refractivity contribution in [3.63, 3.8) is 0 Å². The number of rotatable bonds is 5. The summed E-state index contributed by atoms with van der Waals surface area (Å²) >= 11 is 5.69. The maximum absolute atomic E-state index is 12.2. The van der Waals surface area contributed by atoms with Crippen LogP contribution in [0.15, 0.2) is 59.5 Å². The van der Waals surface area contributed by atoms with Gasteiger partial charge in [0, 0.05) is 5.02 Å². The molecule has 0 amide bonds. The van der Waals surface area contributed by atoms with Crippen LogP contribution in [0.5, 0.6) is 0 Å². The Labute approximate surface area is 127 Å². The van der Waals surface area contributed by atoms with Crippen molar-refractivity contribution in [2.75, 3.05) is 0 Å². The second-order valence-electron chi connectivity index (χ2n) is 4.24. The van der Waals surface area contributed by atoms with Gasteiger partial charge in [0.15, 0.2) is 0 Å². The van der Waals surface area contributed by atoms with E-state index in [-0.39, 0.29) is 10.5 Å². The van der Waals surface area contributed by atoms with E-state index in [1.165, 1.54) is 36.4 Å². The molecule has 0 aliphatic heterocycles. The summed E-state index contributed by atoms with van der Waals surface area (Å²) in [5, 5.41) is 11.6. The standard InChI is InChI=1S/C14H12ClNO4S/c15-11-6-8-12(9-7-11)21(19,20)16-13(14(17)18)10-4-2-1-3-5-10/h1-9,13,16H,(H,17,18)/p-1/t13-/m1/s1. The summed E-state index contributed by atoms with van der Waals surface area (Å²) in [6.07, 6.45) is 0. The van der Waals surface area contributed by atoms with Gasteiger partial charge >= 0.3 is 0 Å². The number of sulfonamides is 1. The summed E-state index contributed by atoms with van der Waals surface area (Å²) < 4.78 is 26.5. The van der Waals surface area contributed by atoms with Gasteiger partial charge in [-0.15, -0.1) is 0 Å². The smallest absolute Gasteiger partial charge is 0.241 e. The zero-order valence-corrected chi connectivity index (χ0v) is 12.3. The van der Waals surface area contributed by atoms with E-state index in [0.717, 1.165) is 0 Å². The summed E-state index contributed by atoms with van der Waals surface area (Å²) in [4.78, 5) is 11.1. The highest BCUT2D eigenvalue weighted by Crippen LogP contribution is 2.18. The maximum atomic E-state index is 12.2. The molecule has 0 aromatic heterocycles. The summed E-state index contributed by atoms with van der Waals surface area (Å²) in [7, 11) is -4.00. The molecule has 0 fully saturated rings. The number of aliphatic carboxylic acids is 1. The van der Waals surface area contributed by atoms with Gasteiger partial charge in [-0.2, -0.15) is 4.72 Å². The van der Waals surface area contributed by atoms with Crippen molar-refractivity contribution >= 4 is 27.6 Å². The third-order valence-corrected chi connectivity index (χ3v) is 4.46. The predicted molar refractivity (Wildman–Crippen MR) is 76.0 cm³/mol. The Bertz CT molecular complexity index is 729. The molecule has 2 rings (SSSR count). The summed E-state index contributed by atoms with van der Waals surface area (Å²) in [6.45, 7) is 0. The number of hydrogen-bond donors (Lipinski definition) is 1. The van der Waals surface area contributed by atoms with E-state index in [4.69, 9.17) is 11.6 Å². The predicted octanol–water partition coefficient (Wildman–Crippen LogP) is 1.11. The quantitative estimate of drug-likeness (QED) is 0.892. The molecular weight excluding hydrogens is 314 g/mol. The topological polar surface area (TPSA) is 86.3 Å². The molecule has 2 aromatic rings. The average Bonchev–Trinajstić information content (AvgIpc) is 2.46. The van der Waals surface area contributed by atoms with Crippen molar-refractivity contribution in [1.82, 2.24) is 4.72 Å². The number of hydrogen-bond acceptors (Lipinski definition) is 4. The molecular formula is C14H11ClNO4S-. The second kappa shape index (κ2) is 6.26. The van der Waals surface area contributed by atoms with Crippen LogP contribution in [-0.2, 0) is 14.8 Å². The number of carbonyl (C=O) groups is 1. The van der Waals surface area contributed by atoms with E-state index in [0.29, 0.717) is 5.02 Å². The highest BCUT2D eigenvalue weighted by Gasteiger charge is 2.22. The molecule has 0 aliphatic rings. The zero-order chi connectivity index (χ0) is 15.5. The van der Waals surface area contributed by atoms with Crippen LogP contribution in [0.3, 0.4) is 0 Å². The van der Waals surface area contributed by atoms with Crippen LogP contribution in [0.1, 0.15) is 11.6 Å². The number of carboxylic acid groups (broad SMARTS) is 1. The van der Waals surface area contributed by atoms with Gasteiger partial charge in [-0.05, 0) is 29.8 Å². The Balaban J connectivity index is 2.32. The van der Waals surface area contributed by atoms with Gasteiger partial charge in [0.2, 0.25) is 10.0 Å². The monoisotopic (exact) mass is 324 g/mol. The number of carbonyl (C=O) groups excluding carboxylic acids is 1. The summed E-state index contributed by atoms with van der Waals surface area (Å²) in [6, 6.07) is 11.9. The van der Waals surface area contributed by atoms with E-state index in [1.54, 1.807) is 18.2 Å². The lowest BCUT2D eigenvalue weighted by molar-refractivity contribution is -0.308. The fraction of sp³-hybridized carbons (Fsp3) is 0.0714. The Morgan fingerprint density at radius 1 is 1.05 bits per heavy atom. The SMILES string of the molecule is O=C([O-])[C@H](NS(=O)(=O)c1ccc(Cl)cc1)c1ccccc1. The molecule has 0 radical (unpaired) electrons. The largest absolute Gasteiger partial charge is 0.548 e. The average molecular weight is 325 g/mol. The van der Waals surface area contributed by atoms with Crippen LogP contribution in [0.4, 0.5) is 0 Å². The van der Waals surface area contributed by atoms with Crippen molar-refractivity contribution in [3.8, 4) is 0 Å². The highest BCUT2D eigenvalue weighted by atomic mass is 35.5. The van der Waals surface area contributed by atoms with E-state index in [1.807, 2.05) is 0 Å². The molecule has 1 atom stereocenters. The van der Waals surface area contributed by atoms with Crippen molar-refractivity contribution in [2.45, 2.75) is 10.9 Å². The Morgan fingerprint density at radius 2 is 1.62 bits per heavy atom. The normalized spacial score (nSPS) is 12.8. The lowest BCUT2D eigenvalue weighted by atomic mass is 10.1. The van der Waals surface area contributed by atoms with Gasteiger partial charge in [-0.25, -0.2) is 8.42 Å². The van der Waals surface area contributed by atoms with Gasteiger partial charge in [0.25, 0.3) is 0 Å². The van der Waals surface area contributed by atoms with Crippen molar-refractivity contribution in [2.24, 2.45) is 0 Å². The Hall–Kier alpha value is -1.89. The first kappa shape index (κ1) is 15.5. The Kier molecular flexibility index (Phi) is 4.62. The Morgan fingerprint density at radius 3 is 2.14 bits per heavy atom. The molecule has 0 heterocycles. The fourth-order valence-electron chi connectivity index (χ4n) is 1.73. The molecule has 0 spiro atoms. The first-order valence-electron chi connectivity index (χ1n) is 5.94. The third-order valence-electron chi connectivity index (χ3n) is 2.77. The van der Waals surface area contributed by atoms with Crippen LogP contribution < -0.4 is 9.83 Å². The molecule has 0 bridgehead atoms. The van der Waals surface area contributed by atoms with Gasteiger partial charge in [0.05, 0.1) is 16.9 Å². The molecule has 0 saturated carbocycles. The number of halogens is 1. The number of carboxylic acids is 1. The lowest BCUT2D eigenvalue weighted by Gasteiger charge is -2.20. The first-order chi connectivity index (χ1) is 9.90. The maximum Gasteiger partial charge on any atom is 0.241 e. The van der Waals surface area contributed by atoms with Gasteiger partial charge in [-0.1, -0.05) is 41.9 Å². The number of benzene rings is 2. The molecule has 21 heavy (non-hydrogen) atoms. The molecule has 0 aliphatic carbocycles. The minimum absolute atomic E-state index is 0.0749. The second-order valence-corrected chi connectivity index (χ2v) is 6.39. The van der Waals surface area contributed by atoms with Crippen molar-refractivity contribution in [1.29, 1.82) is 0 Å². The molecule has 0 unspecified atom stereocenters. The van der Waals surface area contributed by atoms with Gasteiger partial charge in [-0.3, -0.25) is 0 Å². The van der Waals surface area contributed by atoms with E-state index >= 15 is 0 Å². The molecule has 2 aromatic carbocycles. The van der Waals surface area contributed by atoms with Crippen molar-refractivity contribution < 1.29 is 18.3 Å². The zero-order valence-electron chi connectivity index (χ0n) is 10.7. The van der Waals surface area contributed by atoms with Crippen LogP contribution in [0.25, 0.3) is 0 Å². The molecule has 5 nitrogen and oxygen atoms in total. The third kappa shape index (κ3) is 3.81. The van der Waals surface area contributed by atoms with Crippen LogP contribution >= 0.6 is 11.6 Å². The van der Waals surface area contributed by atoms with Gasteiger partial charge < -0.3 is 9.90 Å². The highest BCUT2D eigenvalue weighted by molar-refractivity contribution is 7.89. The summed E-state index contributed by atoms with van der Waals surface area (Å²) in [5.41, 5.74) is 0.287. The molecule has 1 N–H and O–H groups in total. The lowest BCUT2D eigenvalue weighted by Crippen LogP contribution is -2.41. The minimum Gasteiger partial charge on any atom is -0.548 e. The fourth-order valence-corrected chi connectivity index (χ4v) is 3.03. The van der Waals surface area contributed by atoms with Crippen LogP contribution in [-0.4, -0.2) is 14.4 Å². The van der Waals surface area contributed by atoms with E-state index in [2.05, 4.69) is 4.72 Å². The summed E-state index contributed by atoms with van der Waals surface area (Å²) in [5.74, 6) is -1.53. The van der Waals surface area contributed by atoms with Crippen molar-refractivity contribution in [3.05, 3.63) is 65.2 Å². The van der Waals surface area contributed by atoms with Crippen LogP contribution in [0, 0.1) is 0 Å². The first-order valence-corrected chi connectivity index (χ1v) is 7.80. The van der Waals surface area contributed by atoms with E-state index in [9.17, 15) is 18.3 Å². The molecule has 110 valence electrons. The van der Waals surface area contributed by atoms with E-state index < -0.39 is 22.0 Å². The molecule has 7 heteroatoms.